The Bertz CT molecular complexity index is 434. The highest BCUT2D eigenvalue weighted by molar-refractivity contribution is 5.80. The van der Waals surface area contributed by atoms with Gasteiger partial charge in [-0.3, -0.25) is 9.78 Å². The van der Waals surface area contributed by atoms with E-state index in [1.807, 2.05) is 29.3 Å². The van der Waals surface area contributed by atoms with Crippen LogP contribution in [0.2, 0.25) is 0 Å². The van der Waals surface area contributed by atoms with Crippen molar-refractivity contribution in [2.75, 3.05) is 6.54 Å². The molecule has 2 aliphatic heterocycles. The molecule has 2 aliphatic rings. The fourth-order valence-electron chi connectivity index (χ4n) is 3.17. The molecule has 1 amide bonds. The van der Waals surface area contributed by atoms with E-state index < -0.39 is 0 Å². The summed E-state index contributed by atoms with van der Waals surface area (Å²) in [7, 11) is 0. The summed E-state index contributed by atoms with van der Waals surface area (Å²) in [5.41, 5.74) is 1.04. The maximum Gasteiger partial charge on any atom is 0.224 e. The standard InChI is InChI=1S/C14H19N3O/c1-10(11-5-2-3-7-15-11)16-12-9-14(18)17-8-4-6-13(12)17/h2-3,5,7,10,12-13,16H,4,6,8-9H2,1H3/t10-,12?,13?/m0/s1. The molecule has 3 atom stereocenters. The molecular weight excluding hydrogens is 226 g/mol. The van der Waals surface area contributed by atoms with Gasteiger partial charge in [-0.05, 0) is 31.9 Å². The number of pyridine rings is 1. The van der Waals surface area contributed by atoms with E-state index in [-0.39, 0.29) is 12.1 Å². The first-order valence-corrected chi connectivity index (χ1v) is 6.72. The van der Waals surface area contributed by atoms with Crippen LogP contribution >= 0.6 is 0 Å². The molecule has 2 fully saturated rings. The molecule has 3 rings (SSSR count). The SMILES string of the molecule is C[C@H](NC1CC(=O)N2CCCC12)c1ccccn1. The molecule has 0 spiro atoms. The Balaban J connectivity index is 1.68. The van der Waals surface area contributed by atoms with Gasteiger partial charge >= 0.3 is 0 Å². The Labute approximate surface area is 107 Å². The van der Waals surface area contributed by atoms with Crippen molar-refractivity contribution < 1.29 is 4.79 Å². The largest absolute Gasteiger partial charge is 0.338 e. The van der Waals surface area contributed by atoms with Gasteiger partial charge in [0.1, 0.15) is 0 Å². The zero-order valence-corrected chi connectivity index (χ0v) is 10.7. The first-order chi connectivity index (χ1) is 8.75. The molecule has 96 valence electrons. The number of fused-ring (bicyclic) bond motifs is 1. The lowest BCUT2D eigenvalue weighted by Gasteiger charge is -2.24. The van der Waals surface area contributed by atoms with Crippen molar-refractivity contribution in [1.29, 1.82) is 0 Å². The number of aromatic nitrogens is 1. The van der Waals surface area contributed by atoms with Gasteiger partial charge in [0.2, 0.25) is 5.91 Å². The van der Waals surface area contributed by atoms with Gasteiger partial charge in [-0.25, -0.2) is 0 Å². The first-order valence-electron chi connectivity index (χ1n) is 6.72. The summed E-state index contributed by atoms with van der Waals surface area (Å²) in [6.07, 6.45) is 4.74. The van der Waals surface area contributed by atoms with Crippen LogP contribution in [0.3, 0.4) is 0 Å². The van der Waals surface area contributed by atoms with E-state index >= 15 is 0 Å². The molecule has 3 heterocycles. The summed E-state index contributed by atoms with van der Waals surface area (Å²) < 4.78 is 0. The Morgan fingerprint density at radius 3 is 3.17 bits per heavy atom. The minimum Gasteiger partial charge on any atom is -0.338 e. The van der Waals surface area contributed by atoms with Gasteiger partial charge in [-0.1, -0.05) is 6.07 Å². The first kappa shape index (κ1) is 11.7. The molecule has 0 radical (unpaired) electrons. The van der Waals surface area contributed by atoms with Crippen molar-refractivity contribution >= 4 is 5.91 Å². The molecule has 4 heteroatoms. The van der Waals surface area contributed by atoms with Crippen molar-refractivity contribution in [1.82, 2.24) is 15.2 Å². The predicted octanol–water partition coefficient (Wildman–Crippen LogP) is 1.50. The Morgan fingerprint density at radius 2 is 2.39 bits per heavy atom. The molecule has 2 saturated heterocycles. The van der Waals surface area contributed by atoms with Crippen LogP contribution < -0.4 is 5.32 Å². The van der Waals surface area contributed by atoms with Crippen molar-refractivity contribution in [2.45, 2.75) is 44.3 Å². The van der Waals surface area contributed by atoms with Crippen LogP contribution in [-0.4, -0.2) is 34.4 Å². The van der Waals surface area contributed by atoms with Crippen molar-refractivity contribution in [3.05, 3.63) is 30.1 Å². The summed E-state index contributed by atoms with van der Waals surface area (Å²) in [4.78, 5) is 18.3. The smallest absolute Gasteiger partial charge is 0.224 e. The summed E-state index contributed by atoms with van der Waals surface area (Å²) in [6, 6.07) is 6.85. The third-order valence-electron chi connectivity index (χ3n) is 4.07. The van der Waals surface area contributed by atoms with Crippen molar-refractivity contribution in [3.8, 4) is 0 Å². The number of nitrogens with zero attached hydrogens (tertiary/aromatic N) is 2. The van der Waals surface area contributed by atoms with Gasteiger partial charge in [0.05, 0.1) is 5.69 Å². The van der Waals surface area contributed by atoms with Gasteiger partial charge in [-0.15, -0.1) is 0 Å². The van der Waals surface area contributed by atoms with Crippen LogP contribution in [0.25, 0.3) is 0 Å². The van der Waals surface area contributed by atoms with E-state index in [0.29, 0.717) is 18.4 Å². The molecule has 2 unspecified atom stereocenters. The van der Waals surface area contributed by atoms with Crippen molar-refractivity contribution in [2.24, 2.45) is 0 Å². The highest BCUT2D eigenvalue weighted by Gasteiger charge is 2.42. The Morgan fingerprint density at radius 1 is 1.50 bits per heavy atom. The third kappa shape index (κ3) is 2.01. The average Bonchev–Trinajstić information content (AvgIpc) is 2.97. The van der Waals surface area contributed by atoms with Gasteiger partial charge in [0.25, 0.3) is 0 Å². The monoisotopic (exact) mass is 245 g/mol. The second kappa shape index (κ2) is 4.69. The van der Waals surface area contributed by atoms with E-state index in [4.69, 9.17) is 0 Å². The molecular formula is C14H19N3O. The fraction of sp³-hybridized carbons (Fsp3) is 0.571. The van der Waals surface area contributed by atoms with E-state index in [1.165, 1.54) is 0 Å². The fourth-order valence-corrected chi connectivity index (χ4v) is 3.17. The number of rotatable bonds is 3. The van der Waals surface area contributed by atoms with Crippen molar-refractivity contribution in [3.63, 3.8) is 0 Å². The lowest BCUT2D eigenvalue weighted by atomic mass is 10.0. The van der Waals surface area contributed by atoms with E-state index in [2.05, 4.69) is 17.2 Å². The van der Waals surface area contributed by atoms with Crippen LogP contribution in [0, 0.1) is 0 Å². The lowest BCUT2D eigenvalue weighted by Crippen LogP contribution is -2.40. The Hall–Kier alpha value is -1.42. The number of hydrogen-bond donors (Lipinski definition) is 1. The van der Waals surface area contributed by atoms with E-state index in [1.54, 1.807) is 0 Å². The number of carbonyl (C=O) groups excluding carboxylic acids is 1. The quantitative estimate of drug-likeness (QED) is 0.877. The average molecular weight is 245 g/mol. The highest BCUT2D eigenvalue weighted by Crippen LogP contribution is 2.30. The van der Waals surface area contributed by atoms with Gasteiger partial charge < -0.3 is 10.2 Å². The molecule has 0 aromatic carbocycles. The maximum absolute atomic E-state index is 11.9. The maximum atomic E-state index is 11.9. The van der Waals surface area contributed by atoms with Crippen LogP contribution in [0.15, 0.2) is 24.4 Å². The zero-order chi connectivity index (χ0) is 12.5. The second-order valence-electron chi connectivity index (χ2n) is 5.25. The van der Waals surface area contributed by atoms with E-state index in [9.17, 15) is 4.79 Å². The number of carbonyl (C=O) groups is 1. The molecule has 0 bridgehead atoms. The van der Waals surface area contributed by atoms with Gasteiger partial charge in [-0.2, -0.15) is 0 Å². The summed E-state index contributed by atoms with van der Waals surface area (Å²) in [5, 5.41) is 3.57. The minimum absolute atomic E-state index is 0.199. The lowest BCUT2D eigenvalue weighted by molar-refractivity contribution is -0.127. The normalized spacial score (nSPS) is 28.5. The third-order valence-corrected chi connectivity index (χ3v) is 4.07. The van der Waals surface area contributed by atoms with Crippen LogP contribution in [-0.2, 0) is 4.79 Å². The van der Waals surface area contributed by atoms with Crippen LogP contribution in [0.5, 0.6) is 0 Å². The summed E-state index contributed by atoms with van der Waals surface area (Å²) >= 11 is 0. The van der Waals surface area contributed by atoms with Gasteiger partial charge in [0, 0.05) is 37.3 Å². The second-order valence-corrected chi connectivity index (χ2v) is 5.25. The summed E-state index contributed by atoms with van der Waals surface area (Å²) in [6.45, 7) is 3.06. The predicted molar refractivity (Wildman–Crippen MR) is 68.9 cm³/mol. The molecule has 1 aromatic heterocycles. The summed E-state index contributed by atoms with van der Waals surface area (Å²) in [5.74, 6) is 0.309. The number of nitrogens with one attached hydrogen (secondary N) is 1. The molecule has 0 saturated carbocycles. The minimum atomic E-state index is 0.199. The molecule has 4 nitrogen and oxygen atoms in total. The molecule has 0 aliphatic carbocycles. The van der Waals surface area contributed by atoms with Crippen LogP contribution in [0.4, 0.5) is 0 Å². The number of hydrogen-bond acceptors (Lipinski definition) is 3. The molecule has 1 N–H and O–H groups in total. The zero-order valence-electron chi connectivity index (χ0n) is 10.7. The topological polar surface area (TPSA) is 45.2 Å². The highest BCUT2D eigenvalue weighted by atomic mass is 16.2. The molecule has 18 heavy (non-hydrogen) atoms. The Kier molecular flexibility index (Phi) is 3.04. The van der Waals surface area contributed by atoms with Gasteiger partial charge in [0.15, 0.2) is 0 Å². The molecule has 1 aromatic rings. The van der Waals surface area contributed by atoms with Crippen LogP contribution in [0.1, 0.15) is 37.9 Å². The number of amides is 1. The van der Waals surface area contributed by atoms with E-state index in [0.717, 1.165) is 25.1 Å².